The van der Waals surface area contributed by atoms with E-state index in [2.05, 4.69) is 4.98 Å². The van der Waals surface area contributed by atoms with Gasteiger partial charge in [0.05, 0.1) is 42.0 Å². The lowest BCUT2D eigenvalue weighted by atomic mass is 10.1. The summed E-state index contributed by atoms with van der Waals surface area (Å²) in [4.78, 5) is 41.1. The van der Waals surface area contributed by atoms with Crippen LogP contribution in [0.5, 0.6) is 0 Å². The van der Waals surface area contributed by atoms with Crippen molar-refractivity contribution in [1.82, 2.24) is 13.9 Å². The third kappa shape index (κ3) is 4.24. The van der Waals surface area contributed by atoms with Gasteiger partial charge >= 0.3 is 0 Å². The molecule has 0 fully saturated rings. The minimum Gasteiger partial charge on any atom is -0.274 e. The smallest absolute Gasteiger partial charge is 0.269 e. The number of nitro groups is 1. The number of hydrogen-bond acceptors (Lipinski definition) is 7. The van der Waals surface area contributed by atoms with Gasteiger partial charge in [0, 0.05) is 25.1 Å². The number of imide groups is 1. The summed E-state index contributed by atoms with van der Waals surface area (Å²) < 4.78 is 28.3. The molecule has 0 radical (unpaired) electrons. The molecule has 1 aliphatic heterocycles. The maximum atomic E-state index is 13.6. The zero-order chi connectivity index (χ0) is 26.5. The van der Waals surface area contributed by atoms with Gasteiger partial charge in [-0.3, -0.25) is 24.6 Å². The fourth-order valence-corrected chi connectivity index (χ4v) is 6.03. The number of hydrogen-bond donors (Lipinski definition) is 0. The second-order valence-corrected chi connectivity index (χ2v) is 10.8. The Labute approximate surface area is 220 Å². The van der Waals surface area contributed by atoms with Crippen molar-refractivity contribution in [2.24, 2.45) is 0 Å². The summed E-state index contributed by atoms with van der Waals surface area (Å²) in [6.45, 7) is 0.0502. The first-order chi connectivity index (χ1) is 17.6. The molecule has 2 amide bonds. The van der Waals surface area contributed by atoms with Crippen LogP contribution in [-0.4, -0.2) is 45.6 Å². The number of rotatable bonds is 7. The van der Waals surface area contributed by atoms with E-state index in [0.717, 1.165) is 33.1 Å². The van der Waals surface area contributed by atoms with Crippen LogP contribution in [0.3, 0.4) is 0 Å². The molecule has 0 N–H and O–H groups in total. The Kier molecular flexibility index (Phi) is 6.22. The average molecular weight is 559 g/mol. The molecular weight excluding hydrogens is 543 g/mol. The number of aromatic nitrogens is 2. The molecule has 0 saturated carbocycles. The Morgan fingerprint density at radius 3 is 2.11 bits per heavy atom. The summed E-state index contributed by atoms with van der Waals surface area (Å²) in [6, 6.07) is 13.8. The molecule has 5 rings (SSSR count). The van der Waals surface area contributed by atoms with Crippen LogP contribution in [0.4, 0.5) is 5.69 Å². The van der Waals surface area contributed by atoms with Crippen LogP contribution < -0.4 is 0 Å². The van der Waals surface area contributed by atoms with Crippen molar-refractivity contribution in [1.29, 1.82) is 0 Å². The maximum Gasteiger partial charge on any atom is 0.269 e. The van der Waals surface area contributed by atoms with Crippen molar-refractivity contribution in [2.75, 3.05) is 6.54 Å². The van der Waals surface area contributed by atoms with Crippen LogP contribution in [0.25, 0.3) is 11.0 Å². The van der Waals surface area contributed by atoms with E-state index in [9.17, 15) is 28.1 Å². The molecule has 0 saturated heterocycles. The number of amides is 2. The fraction of sp³-hybridized carbons (Fsp3) is 0.125. The first kappa shape index (κ1) is 24.9. The zero-order valence-electron chi connectivity index (χ0n) is 18.8. The van der Waals surface area contributed by atoms with Crippen LogP contribution in [-0.2, 0) is 16.4 Å². The highest BCUT2D eigenvalue weighted by Gasteiger charge is 2.35. The van der Waals surface area contributed by atoms with Crippen molar-refractivity contribution in [3.05, 3.63) is 97.8 Å². The van der Waals surface area contributed by atoms with Crippen molar-refractivity contribution in [2.45, 2.75) is 17.7 Å². The van der Waals surface area contributed by atoms with Crippen LogP contribution in [0.15, 0.2) is 65.6 Å². The number of aryl methyl sites for hydroxylation is 1. The van der Waals surface area contributed by atoms with E-state index in [-0.39, 0.29) is 56.9 Å². The van der Waals surface area contributed by atoms with Crippen LogP contribution >= 0.6 is 23.2 Å². The summed E-state index contributed by atoms with van der Waals surface area (Å²) in [5.41, 5.74) is 0.832. The summed E-state index contributed by atoms with van der Waals surface area (Å²) in [7, 11) is -4.26. The Hall–Kier alpha value is -3.80. The maximum absolute atomic E-state index is 13.6. The molecule has 2 heterocycles. The molecule has 10 nitrogen and oxygen atoms in total. The SMILES string of the molecule is O=C1c2ccccc2C(=O)N1CCCc1nc2cc(Cl)c(Cl)cc2n1S(=O)(=O)c1ccc([N+](=O)[O-])cc1. The lowest BCUT2D eigenvalue weighted by Gasteiger charge is -2.14. The predicted molar refractivity (Wildman–Crippen MR) is 136 cm³/mol. The van der Waals surface area contributed by atoms with Gasteiger partial charge in [0.2, 0.25) is 0 Å². The van der Waals surface area contributed by atoms with E-state index < -0.39 is 26.8 Å². The molecule has 13 heteroatoms. The molecule has 0 atom stereocenters. The average Bonchev–Trinajstić information content (AvgIpc) is 3.34. The van der Waals surface area contributed by atoms with Crippen molar-refractivity contribution >= 4 is 61.8 Å². The molecule has 4 aromatic rings. The predicted octanol–water partition coefficient (Wildman–Crippen LogP) is 4.72. The number of nitrogens with zero attached hydrogens (tertiary/aromatic N) is 4. The monoisotopic (exact) mass is 558 g/mol. The second-order valence-electron chi connectivity index (χ2n) is 8.21. The molecule has 0 bridgehead atoms. The van der Waals surface area contributed by atoms with E-state index >= 15 is 0 Å². The zero-order valence-corrected chi connectivity index (χ0v) is 21.1. The van der Waals surface area contributed by atoms with Gasteiger partial charge in [-0.15, -0.1) is 0 Å². The highest BCUT2D eigenvalue weighted by molar-refractivity contribution is 7.90. The molecule has 1 aliphatic rings. The van der Waals surface area contributed by atoms with Gasteiger partial charge in [-0.2, -0.15) is 0 Å². The minimum atomic E-state index is -4.26. The first-order valence-electron chi connectivity index (χ1n) is 10.9. The van der Waals surface area contributed by atoms with E-state index in [1.165, 1.54) is 12.1 Å². The fourth-order valence-electron chi connectivity index (χ4n) is 4.21. The second kappa shape index (κ2) is 9.25. The molecule has 188 valence electrons. The molecule has 0 spiro atoms. The molecule has 0 aliphatic carbocycles. The Morgan fingerprint density at radius 1 is 0.919 bits per heavy atom. The number of carbonyl (C=O) groups is 2. The van der Waals surface area contributed by atoms with Crippen LogP contribution in [0.1, 0.15) is 33.0 Å². The van der Waals surface area contributed by atoms with E-state index in [0.29, 0.717) is 11.1 Å². The lowest BCUT2D eigenvalue weighted by Crippen LogP contribution is -2.31. The number of benzene rings is 3. The number of fused-ring (bicyclic) bond motifs is 2. The van der Waals surface area contributed by atoms with Gasteiger partial charge in [-0.1, -0.05) is 35.3 Å². The summed E-state index contributed by atoms with van der Waals surface area (Å²) in [5, 5.41) is 11.3. The minimum absolute atomic E-state index is 0.0502. The third-order valence-corrected chi connectivity index (χ3v) is 8.44. The number of carbonyl (C=O) groups excluding carboxylic acids is 2. The van der Waals surface area contributed by atoms with Crippen LogP contribution in [0, 0.1) is 10.1 Å². The van der Waals surface area contributed by atoms with E-state index in [4.69, 9.17) is 23.2 Å². The number of nitro benzene ring substituents is 1. The van der Waals surface area contributed by atoms with Gasteiger partial charge in [0.1, 0.15) is 5.82 Å². The topological polar surface area (TPSA) is 132 Å². The van der Waals surface area contributed by atoms with Gasteiger partial charge in [0.25, 0.3) is 27.5 Å². The highest BCUT2D eigenvalue weighted by atomic mass is 35.5. The number of non-ortho nitro benzene ring substituents is 1. The Balaban J connectivity index is 1.49. The summed E-state index contributed by atoms with van der Waals surface area (Å²) >= 11 is 12.3. The largest absolute Gasteiger partial charge is 0.274 e. The molecule has 1 aromatic heterocycles. The molecule has 37 heavy (non-hydrogen) atoms. The quantitative estimate of drug-likeness (QED) is 0.182. The molecule has 0 unspecified atom stereocenters. The van der Waals surface area contributed by atoms with Gasteiger partial charge in [0.15, 0.2) is 0 Å². The third-order valence-electron chi connectivity index (χ3n) is 5.97. The van der Waals surface area contributed by atoms with Crippen molar-refractivity contribution in [3.8, 4) is 0 Å². The number of halogens is 2. The Morgan fingerprint density at radius 2 is 1.51 bits per heavy atom. The van der Waals surface area contributed by atoms with Gasteiger partial charge in [-0.05, 0) is 42.8 Å². The van der Waals surface area contributed by atoms with Gasteiger partial charge in [-0.25, -0.2) is 17.4 Å². The van der Waals surface area contributed by atoms with Crippen molar-refractivity contribution < 1.29 is 22.9 Å². The standard InChI is InChI=1S/C24H16Cl2N4O6S/c25-18-12-20-21(13-19(18)26)29(37(35,36)15-9-7-14(8-10-15)30(33)34)22(27-20)6-3-11-28-23(31)16-4-1-2-5-17(16)24(28)32/h1-2,4-5,7-10,12-13H,3,6,11H2. The number of imidazole rings is 1. The highest BCUT2D eigenvalue weighted by Crippen LogP contribution is 2.32. The summed E-state index contributed by atoms with van der Waals surface area (Å²) in [5.74, 6) is -0.694. The Bertz CT molecular complexity index is 1680. The van der Waals surface area contributed by atoms with Crippen LogP contribution in [0.2, 0.25) is 10.0 Å². The molecular formula is C24H16Cl2N4O6S. The van der Waals surface area contributed by atoms with E-state index in [1.54, 1.807) is 24.3 Å². The van der Waals surface area contributed by atoms with Crippen molar-refractivity contribution in [3.63, 3.8) is 0 Å². The van der Waals surface area contributed by atoms with Gasteiger partial charge < -0.3 is 0 Å². The van der Waals surface area contributed by atoms with E-state index in [1.807, 2.05) is 0 Å². The normalized spacial score (nSPS) is 13.4. The summed E-state index contributed by atoms with van der Waals surface area (Å²) in [6.07, 6.45) is 0.315. The lowest BCUT2D eigenvalue weighted by molar-refractivity contribution is -0.384. The molecule has 3 aromatic carbocycles. The first-order valence-corrected chi connectivity index (χ1v) is 13.1.